The molecule has 0 amide bonds. The summed E-state index contributed by atoms with van der Waals surface area (Å²) in [5, 5.41) is 18.7. The molecule has 3 aromatic rings. The first-order valence-electron chi connectivity index (χ1n) is 16.4. The zero-order chi connectivity index (χ0) is 34.7. The van der Waals surface area contributed by atoms with E-state index in [1.165, 1.54) is 16.8 Å². The molecule has 3 heterocycles. The summed E-state index contributed by atoms with van der Waals surface area (Å²) in [6.45, 7) is 13.2. The van der Waals surface area contributed by atoms with Crippen molar-refractivity contribution < 1.29 is 9.50 Å². The molecular weight excluding hydrogens is 609 g/mol. The van der Waals surface area contributed by atoms with E-state index in [0.29, 0.717) is 39.9 Å². The lowest BCUT2D eigenvalue weighted by Gasteiger charge is -2.34. The molecule has 2 aromatic heterocycles. The van der Waals surface area contributed by atoms with Gasteiger partial charge in [-0.25, -0.2) is 4.39 Å². The van der Waals surface area contributed by atoms with E-state index in [4.69, 9.17) is 4.99 Å². The Morgan fingerprint density at radius 2 is 1.85 bits per heavy atom. The first kappa shape index (κ1) is 34.7. The predicted molar refractivity (Wildman–Crippen MR) is 193 cm³/mol. The van der Waals surface area contributed by atoms with E-state index < -0.39 is 24.1 Å². The maximum Gasteiger partial charge on any atom is 0.282 e. The van der Waals surface area contributed by atoms with Gasteiger partial charge in [-0.3, -0.25) is 14.6 Å². The minimum Gasteiger partial charge on any atom is -0.392 e. The Balaban J connectivity index is 1.49. The van der Waals surface area contributed by atoms with Crippen molar-refractivity contribution in [1.29, 1.82) is 0 Å². The number of aliphatic hydroxyl groups is 1. The van der Waals surface area contributed by atoms with Crippen LogP contribution in [0.2, 0.25) is 0 Å². The van der Waals surface area contributed by atoms with Gasteiger partial charge in [-0.1, -0.05) is 39.0 Å². The number of allylic oxidation sites excluding steroid dienone is 6. The van der Waals surface area contributed by atoms with Gasteiger partial charge in [0.25, 0.3) is 11.1 Å². The largest absolute Gasteiger partial charge is 0.392 e. The number of anilines is 1. The molecule has 48 heavy (non-hydrogen) atoms. The van der Waals surface area contributed by atoms with Crippen LogP contribution in [-0.2, 0) is 12.5 Å². The van der Waals surface area contributed by atoms with Crippen LogP contribution in [0.25, 0.3) is 22.0 Å². The molecule has 0 bridgehead atoms. The molecule has 1 fully saturated rings. The van der Waals surface area contributed by atoms with Crippen LogP contribution in [0.1, 0.15) is 52.2 Å². The number of rotatable bonds is 8. The number of likely N-dealkylation sites (N-methyl/N-ethyl adjacent to an activating group) is 1. The Bertz CT molecular complexity index is 1970. The maximum absolute atomic E-state index is 15.5. The van der Waals surface area contributed by atoms with E-state index in [1.807, 2.05) is 59.1 Å². The fourth-order valence-corrected chi connectivity index (χ4v) is 6.04. The number of hydrogen-bond donors (Lipinski definition) is 2. The van der Waals surface area contributed by atoms with E-state index in [2.05, 4.69) is 27.3 Å². The van der Waals surface area contributed by atoms with Crippen molar-refractivity contribution in [2.45, 2.75) is 52.6 Å². The van der Waals surface area contributed by atoms with Crippen molar-refractivity contribution in [2.24, 2.45) is 12.0 Å². The predicted octanol–water partition coefficient (Wildman–Crippen LogP) is 4.76. The normalized spacial score (nSPS) is 17.3. The van der Waals surface area contributed by atoms with Gasteiger partial charge in [-0.15, -0.1) is 0 Å². The van der Waals surface area contributed by atoms with Crippen LogP contribution in [0, 0.1) is 5.82 Å². The summed E-state index contributed by atoms with van der Waals surface area (Å²) in [6.07, 6.45) is 12.7. The van der Waals surface area contributed by atoms with Crippen molar-refractivity contribution in [3.63, 3.8) is 0 Å². The number of aromatic nitrogens is 3. The van der Waals surface area contributed by atoms with Crippen LogP contribution < -0.4 is 16.4 Å². The standard InChI is InChI=1S/C37H46FN7O3/c1-8-28(44-15-13-42(6)14-16-44)21-39-24(2)41-32-18-26(22-43(7)35(32)47)29-11-9-10-12-33(30(29)23-46)45-36(48)34-25(20-40-45)17-27(19-31(34)38)37(3,4)5/h8,10-12,17-22,24,41,46H,9,13-16,23H2,1-7H3/b28-8+,39-21?/t24-/m1/s1. The highest BCUT2D eigenvalue weighted by atomic mass is 19.1. The molecule has 1 aliphatic heterocycles. The van der Waals surface area contributed by atoms with E-state index in [9.17, 15) is 14.7 Å². The van der Waals surface area contributed by atoms with E-state index >= 15 is 4.39 Å². The van der Waals surface area contributed by atoms with Crippen LogP contribution in [0.3, 0.4) is 0 Å². The molecular formula is C37H46FN7O3. The molecule has 2 aliphatic rings. The number of fused-ring (bicyclic) bond motifs is 1. The molecule has 1 atom stereocenters. The second-order valence-electron chi connectivity index (χ2n) is 13.5. The monoisotopic (exact) mass is 655 g/mol. The second-order valence-corrected chi connectivity index (χ2v) is 13.5. The van der Waals surface area contributed by atoms with E-state index in [1.54, 1.807) is 31.5 Å². The lowest BCUT2D eigenvalue weighted by molar-refractivity contribution is 0.193. The average Bonchev–Trinajstić information content (AvgIpc) is 3.26. The summed E-state index contributed by atoms with van der Waals surface area (Å²) < 4.78 is 18.1. The maximum atomic E-state index is 15.5. The van der Waals surface area contributed by atoms with Gasteiger partial charge in [0, 0.05) is 62.2 Å². The van der Waals surface area contributed by atoms with Crippen molar-refractivity contribution in [1.82, 2.24) is 24.1 Å². The lowest BCUT2D eigenvalue weighted by Crippen LogP contribution is -2.44. The van der Waals surface area contributed by atoms with Gasteiger partial charge in [0.2, 0.25) is 0 Å². The molecule has 1 saturated heterocycles. The third kappa shape index (κ3) is 7.27. The van der Waals surface area contributed by atoms with Gasteiger partial charge in [0.15, 0.2) is 0 Å². The molecule has 254 valence electrons. The molecule has 5 rings (SSSR count). The highest BCUT2D eigenvalue weighted by Crippen LogP contribution is 2.32. The number of halogens is 1. The van der Waals surface area contributed by atoms with Crippen molar-refractivity contribution in [3.05, 3.63) is 104 Å². The van der Waals surface area contributed by atoms with Gasteiger partial charge in [0.05, 0.1) is 29.6 Å². The number of hydrogen-bond acceptors (Lipinski definition) is 8. The molecule has 0 spiro atoms. The third-order valence-electron chi connectivity index (χ3n) is 8.91. The fraction of sp³-hybridized carbons (Fsp3) is 0.405. The zero-order valence-electron chi connectivity index (χ0n) is 28.9. The van der Waals surface area contributed by atoms with E-state index in [0.717, 1.165) is 42.1 Å². The Hall–Kier alpha value is -4.61. The van der Waals surface area contributed by atoms with Crippen LogP contribution >= 0.6 is 0 Å². The first-order chi connectivity index (χ1) is 22.8. The first-order valence-corrected chi connectivity index (χ1v) is 16.4. The molecule has 11 heteroatoms. The smallest absolute Gasteiger partial charge is 0.282 e. The Labute approximate surface area is 280 Å². The van der Waals surface area contributed by atoms with Crippen molar-refractivity contribution in [3.8, 4) is 0 Å². The second kappa shape index (κ2) is 14.2. The van der Waals surface area contributed by atoms with Crippen LogP contribution in [0.4, 0.5) is 10.1 Å². The molecule has 0 unspecified atom stereocenters. The molecule has 2 N–H and O–H groups in total. The Kier molecular flexibility index (Phi) is 10.3. The number of nitrogens with zero attached hydrogens (tertiary/aromatic N) is 6. The number of aliphatic imine (C=N–C) groups is 1. The van der Waals surface area contributed by atoms with Gasteiger partial charge >= 0.3 is 0 Å². The topological polar surface area (TPSA) is 108 Å². The van der Waals surface area contributed by atoms with E-state index in [-0.39, 0.29) is 16.4 Å². The Morgan fingerprint density at radius 3 is 2.52 bits per heavy atom. The number of nitrogens with one attached hydrogen (secondary N) is 1. The van der Waals surface area contributed by atoms with Gasteiger partial charge in [-0.2, -0.15) is 9.78 Å². The number of aliphatic hydroxyl groups excluding tert-OH is 1. The van der Waals surface area contributed by atoms with Crippen LogP contribution in [0.15, 0.2) is 80.7 Å². The summed E-state index contributed by atoms with van der Waals surface area (Å²) in [7, 11) is 3.78. The summed E-state index contributed by atoms with van der Waals surface area (Å²) in [6, 6.07) is 4.93. The SMILES string of the molecule is C/C=C(\C=N[C@@H](C)Nc1cc(C2=CCC=CC(n3ncc4cc(C(C)(C)C)cc(F)c4c3=O)=C2CO)cn(C)c1=O)N1CCN(C)CC1. The highest BCUT2D eigenvalue weighted by molar-refractivity contribution is 5.90. The average molecular weight is 656 g/mol. The minimum absolute atomic E-state index is 0.0669. The van der Waals surface area contributed by atoms with Gasteiger partial charge < -0.3 is 24.8 Å². The fourth-order valence-electron chi connectivity index (χ4n) is 6.04. The molecule has 10 nitrogen and oxygen atoms in total. The third-order valence-corrected chi connectivity index (χ3v) is 8.91. The number of piperazine rings is 1. The van der Waals surface area contributed by atoms with Crippen molar-refractivity contribution >= 4 is 33.9 Å². The summed E-state index contributed by atoms with van der Waals surface area (Å²) in [4.78, 5) is 36.3. The zero-order valence-corrected chi connectivity index (χ0v) is 28.9. The quantitative estimate of drug-likeness (QED) is 0.337. The Morgan fingerprint density at radius 1 is 1.12 bits per heavy atom. The number of pyridine rings is 1. The summed E-state index contributed by atoms with van der Waals surface area (Å²) in [5.74, 6) is -0.617. The molecule has 0 radical (unpaired) electrons. The van der Waals surface area contributed by atoms with Crippen LogP contribution in [0.5, 0.6) is 0 Å². The molecule has 0 saturated carbocycles. The lowest BCUT2D eigenvalue weighted by atomic mass is 9.86. The molecule has 1 aliphatic carbocycles. The number of benzene rings is 1. The van der Waals surface area contributed by atoms with Crippen molar-refractivity contribution in [2.75, 3.05) is 45.2 Å². The molecule has 1 aromatic carbocycles. The van der Waals surface area contributed by atoms with Gasteiger partial charge in [-0.05, 0) is 68.1 Å². The highest BCUT2D eigenvalue weighted by Gasteiger charge is 2.22. The number of aryl methyl sites for hydroxylation is 1. The van der Waals surface area contributed by atoms with Gasteiger partial charge in [0.1, 0.15) is 17.7 Å². The summed E-state index contributed by atoms with van der Waals surface area (Å²) in [5.41, 5.74) is 3.02. The summed E-state index contributed by atoms with van der Waals surface area (Å²) >= 11 is 0. The van der Waals surface area contributed by atoms with Crippen LogP contribution in [-0.4, -0.2) is 81.5 Å². The minimum atomic E-state index is -0.621.